The summed E-state index contributed by atoms with van der Waals surface area (Å²) in [6, 6.07) is 8.21. The molecule has 0 bridgehead atoms. The van der Waals surface area contributed by atoms with Crippen molar-refractivity contribution < 1.29 is 9.26 Å². The Hall–Kier alpha value is -2.50. The van der Waals surface area contributed by atoms with Crippen LogP contribution in [0, 0.1) is 6.92 Å². The van der Waals surface area contributed by atoms with Crippen LogP contribution in [0.5, 0.6) is 5.75 Å². The summed E-state index contributed by atoms with van der Waals surface area (Å²) in [5.41, 5.74) is 3.25. The van der Waals surface area contributed by atoms with Gasteiger partial charge in [-0.05, 0) is 31.4 Å². The molecule has 2 N–H and O–H groups in total. The predicted molar refractivity (Wildman–Crippen MR) is 99.9 cm³/mol. The maximum Gasteiger partial charge on any atom is 0.191 e. The Kier molecular flexibility index (Phi) is 7.32. The number of benzene rings is 1. The minimum Gasteiger partial charge on any atom is -0.493 e. The molecule has 0 aliphatic carbocycles. The number of rotatable bonds is 8. The molecule has 2 aromatic rings. The van der Waals surface area contributed by atoms with Gasteiger partial charge in [0, 0.05) is 25.2 Å². The lowest BCUT2D eigenvalue weighted by Crippen LogP contribution is -2.36. The van der Waals surface area contributed by atoms with Gasteiger partial charge in [0.1, 0.15) is 5.75 Å². The van der Waals surface area contributed by atoms with E-state index in [4.69, 9.17) is 9.26 Å². The van der Waals surface area contributed by atoms with Crippen molar-refractivity contribution in [1.82, 2.24) is 15.8 Å². The Morgan fingerprint density at radius 2 is 2.00 bits per heavy atom. The van der Waals surface area contributed by atoms with E-state index < -0.39 is 0 Å². The molecule has 2 rings (SSSR count). The van der Waals surface area contributed by atoms with Crippen LogP contribution in [0.2, 0.25) is 0 Å². The van der Waals surface area contributed by atoms with E-state index in [9.17, 15) is 0 Å². The van der Waals surface area contributed by atoms with Crippen LogP contribution >= 0.6 is 0 Å². The SMILES string of the molecule is CCCOc1cc(C)ccc1CNC(=NC)NCc1cc(CC)no1. The van der Waals surface area contributed by atoms with Crippen molar-refractivity contribution in [3.8, 4) is 5.75 Å². The zero-order chi connectivity index (χ0) is 18.1. The Morgan fingerprint density at radius 1 is 1.20 bits per heavy atom. The van der Waals surface area contributed by atoms with E-state index in [0.717, 1.165) is 35.6 Å². The number of nitrogens with one attached hydrogen (secondary N) is 2. The first-order chi connectivity index (χ1) is 12.2. The standard InChI is InChI=1S/C19H28N4O2/c1-5-9-24-18-10-14(3)7-8-15(18)12-21-19(20-4)22-13-17-11-16(6-2)23-25-17/h7-8,10-11H,5-6,9,12-13H2,1-4H3,(H2,20,21,22). The first-order valence-corrected chi connectivity index (χ1v) is 8.77. The zero-order valence-electron chi connectivity index (χ0n) is 15.6. The highest BCUT2D eigenvalue weighted by Gasteiger charge is 2.07. The van der Waals surface area contributed by atoms with E-state index in [2.05, 4.69) is 59.8 Å². The lowest BCUT2D eigenvalue weighted by molar-refractivity contribution is 0.313. The van der Waals surface area contributed by atoms with E-state index in [1.165, 1.54) is 5.56 Å². The van der Waals surface area contributed by atoms with E-state index in [1.807, 2.05) is 6.07 Å². The molecular formula is C19H28N4O2. The Balaban J connectivity index is 1.91. The lowest BCUT2D eigenvalue weighted by Gasteiger charge is -2.15. The van der Waals surface area contributed by atoms with Crippen molar-refractivity contribution in [2.24, 2.45) is 4.99 Å². The van der Waals surface area contributed by atoms with Crippen molar-refractivity contribution >= 4 is 5.96 Å². The molecule has 0 saturated carbocycles. The third-order valence-corrected chi connectivity index (χ3v) is 3.75. The second kappa shape index (κ2) is 9.71. The number of nitrogens with zero attached hydrogens (tertiary/aromatic N) is 2. The maximum absolute atomic E-state index is 5.85. The van der Waals surface area contributed by atoms with Gasteiger partial charge in [-0.1, -0.05) is 31.1 Å². The van der Waals surface area contributed by atoms with Crippen molar-refractivity contribution in [1.29, 1.82) is 0 Å². The summed E-state index contributed by atoms with van der Waals surface area (Å²) in [4.78, 5) is 4.25. The number of hydrogen-bond acceptors (Lipinski definition) is 4. The molecular weight excluding hydrogens is 316 g/mol. The molecule has 25 heavy (non-hydrogen) atoms. The molecule has 0 spiro atoms. The fraction of sp³-hybridized carbons (Fsp3) is 0.474. The van der Waals surface area contributed by atoms with Crippen molar-refractivity contribution in [3.05, 3.63) is 46.8 Å². The normalized spacial score (nSPS) is 11.4. The van der Waals surface area contributed by atoms with Crippen LogP contribution in [0.3, 0.4) is 0 Å². The largest absolute Gasteiger partial charge is 0.493 e. The molecule has 0 aliphatic heterocycles. The molecule has 1 aromatic heterocycles. The summed E-state index contributed by atoms with van der Waals surface area (Å²) in [5, 5.41) is 10.5. The highest BCUT2D eigenvalue weighted by atomic mass is 16.5. The number of guanidine groups is 1. The van der Waals surface area contributed by atoms with Gasteiger partial charge < -0.3 is 19.9 Å². The smallest absolute Gasteiger partial charge is 0.191 e. The summed E-state index contributed by atoms with van der Waals surface area (Å²) in [5.74, 6) is 2.42. The monoisotopic (exact) mass is 344 g/mol. The number of ether oxygens (including phenoxy) is 1. The van der Waals surface area contributed by atoms with Gasteiger partial charge >= 0.3 is 0 Å². The van der Waals surface area contributed by atoms with Gasteiger partial charge in [0.25, 0.3) is 0 Å². The number of hydrogen-bond donors (Lipinski definition) is 2. The molecule has 136 valence electrons. The van der Waals surface area contributed by atoms with Crippen LogP contribution in [0.15, 0.2) is 33.8 Å². The van der Waals surface area contributed by atoms with Gasteiger partial charge in [-0.25, -0.2) is 0 Å². The van der Waals surface area contributed by atoms with Crippen molar-refractivity contribution in [2.75, 3.05) is 13.7 Å². The highest BCUT2D eigenvalue weighted by molar-refractivity contribution is 5.79. The molecule has 0 aliphatic rings. The number of aliphatic imine (C=N–C) groups is 1. The van der Waals surface area contributed by atoms with Crippen LogP contribution in [-0.4, -0.2) is 24.8 Å². The molecule has 0 fully saturated rings. The van der Waals surface area contributed by atoms with Crippen LogP contribution in [0.4, 0.5) is 0 Å². The average molecular weight is 344 g/mol. The first kappa shape index (κ1) is 18.8. The Bertz CT molecular complexity index is 694. The number of aromatic nitrogens is 1. The second-order valence-electron chi connectivity index (χ2n) is 5.88. The van der Waals surface area contributed by atoms with Gasteiger partial charge in [-0.3, -0.25) is 4.99 Å². The topological polar surface area (TPSA) is 71.7 Å². The lowest BCUT2D eigenvalue weighted by atomic mass is 10.1. The molecule has 0 atom stereocenters. The summed E-state index contributed by atoms with van der Waals surface area (Å²) >= 11 is 0. The fourth-order valence-corrected chi connectivity index (χ4v) is 2.33. The van der Waals surface area contributed by atoms with Gasteiger partial charge in [0.15, 0.2) is 11.7 Å². The molecule has 0 amide bonds. The van der Waals surface area contributed by atoms with Crippen molar-refractivity contribution in [3.63, 3.8) is 0 Å². The fourth-order valence-electron chi connectivity index (χ4n) is 2.33. The molecule has 0 radical (unpaired) electrons. The van der Waals surface area contributed by atoms with Gasteiger partial charge in [0.05, 0.1) is 18.8 Å². The van der Waals surface area contributed by atoms with Crippen molar-refractivity contribution in [2.45, 2.75) is 46.7 Å². The third-order valence-electron chi connectivity index (χ3n) is 3.75. The summed E-state index contributed by atoms with van der Waals surface area (Å²) in [7, 11) is 1.75. The first-order valence-electron chi connectivity index (χ1n) is 8.77. The van der Waals surface area contributed by atoms with E-state index in [-0.39, 0.29) is 0 Å². The Labute approximate surface area is 149 Å². The molecule has 6 heteroatoms. The van der Waals surface area contributed by atoms with E-state index in [0.29, 0.717) is 25.7 Å². The molecule has 1 heterocycles. The van der Waals surface area contributed by atoms with Gasteiger partial charge in [-0.15, -0.1) is 0 Å². The highest BCUT2D eigenvalue weighted by Crippen LogP contribution is 2.20. The average Bonchev–Trinajstić information content (AvgIpc) is 3.09. The maximum atomic E-state index is 5.85. The molecule has 0 saturated heterocycles. The summed E-state index contributed by atoms with van der Waals surface area (Å²) in [6.07, 6.45) is 1.85. The summed E-state index contributed by atoms with van der Waals surface area (Å²) < 4.78 is 11.1. The quantitative estimate of drug-likeness (QED) is 0.568. The third kappa shape index (κ3) is 5.81. The minimum atomic E-state index is 0.541. The van der Waals surface area contributed by atoms with Gasteiger partial charge in [-0.2, -0.15) is 0 Å². The second-order valence-corrected chi connectivity index (χ2v) is 5.88. The predicted octanol–water partition coefficient (Wildman–Crippen LogP) is 3.20. The van der Waals surface area contributed by atoms with Crippen LogP contribution in [0.1, 0.15) is 42.8 Å². The minimum absolute atomic E-state index is 0.541. The van der Waals surface area contributed by atoms with E-state index >= 15 is 0 Å². The molecule has 6 nitrogen and oxygen atoms in total. The Morgan fingerprint density at radius 3 is 2.68 bits per heavy atom. The van der Waals surface area contributed by atoms with Crippen LogP contribution in [-0.2, 0) is 19.5 Å². The molecule has 0 unspecified atom stereocenters. The molecule has 1 aromatic carbocycles. The zero-order valence-corrected chi connectivity index (χ0v) is 15.6. The van der Waals surface area contributed by atoms with Crippen LogP contribution in [0.25, 0.3) is 0 Å². The van der Waals surface area contributed by atoms with Crippen LogP contribution < -0.4 is 15.4 Å². The van der Waals surface area contributed by atoms with Gasteiger partial charge in [0.2, 0.25) is 0 Å². The summed E-state index contributed by atoms with van der Waals surface area (Å²) in [6.45, 7) is 8.12. The van der Waals surface area contributed by atoms with E-state index in [1.54, 1.807) is 7.05 Å². The number of aryl methyl sites for hydroxylation is 2.